The van der Waals surface area contributed by atoms with Gasteiger partial charge in [-0.25, -0.2) is 4.79 Å². The van der Waals surface area contributed by atoms with E-state index in [4.69, 9.17) is 9.47 Å². The molecule has 0 aromatic rings. The van der Waals surface area contributed by atoms with Gasteiger partial charge in [0.05, 0.1) is 13.0 Å². The molecule has 1 unspecified atom stereocenters. The van der Waals surface area contributed by atoms with Gasteiger partial charge in [0.2, 0.25) is 5.91 Å². The van der Waals surface area contributed by atoms with E-state index in [9.17, 15) is 14.7 Å². The highest BCUT2D eigenvalue weighted by molar-refractivity contribution is 5.91. The smallest absolute Gasteiger partial charge is 0.362 e. The topological polar surface area (TPSA) is 84.9 Å². The van der Waals surface area contributed by atoms with E-state index in [0.29, 0.717) is 13.0 Å². The van der Waals surface area contributed by atoms with Crippen molar-refractivity contribution in [3.05, 3.63) is 12.2 Å². The van der Waals surface area contributed by atoms with Crippen LogP contribution in [0.4, 0.5) is 0 Å². The highest BCUT2D eigenvalue weighted by Crippen LogP contribution is 2.24. The molecule has 6 heteroatoms. The second kappa shape index (κ2) is 19.9. The number of carbonyl (C=O) groups is 2. The summed E-state index contributed by atoms with van der Waals surface area (Å²) in [6.45, 7) is 4.76. The summed E-state index contributed by atoms with van der Waals surface area (Å²) in [7, 11) is 0. The summed E-state index contributed by atoms with van der Waals surface area (Å²) < 4.78 is 10.7. The Balaban J connectivity index is 1.95. The van der Waals surface area contributed by atoms with E-state index in [0.717, 1.165) is 19.3 Å². The summed E-state index contributed by atoms with van der Waals surface area (Å²) in [6, 6.07) is 0. The number of esters is 1. The number of allylic oxidation sites excluding steroid dienone is 2. The van der Waals surface area contributed by atoms with Crippen molar-refractivity contribution in [1.82, 2.24) is 5.32 Å². The van der Waals surface area contributed by atoms with Crippen molar-refractivity contribution in [2.24, 2.45) is 0 Å². The maximum absolute atomic E-state index is 12.1. The molecule has 1 amide bonds. The van der Waals surface area contributed by atoms with Crippen LogP contribution >= 0.6 is 0 Å². The zero-order valence-corrected chi connectivity index (χ0v) is 22.0. The van der Waals surface area contributed by atoms with Crippen molar-refractivity contribution in [2.45, 2.75) is 141 Å². The van der Waals surface area contributed by atoms with Crippen LogP contribution in [0, 0.1) is 0 Å². The lowest BCUT2D eigenvalue weighted by molar-refractivity contribution is -0.183. The number of rotatable bonds is 22. The molecule has 6 nitrogen and oxygen atoms in total. The van der Waals surface area contributed by atoms with Crippen LogP contribution in [-0.2, 0) is 19.1 Å². The average molecular weight is 482 g/mol. The van der Waals surface area contributed by atoms with E-state index in [1.165, 1.54) is 83.5 Å². The monoisotopic (exact) mass is 481 g/mol. The Bertz CT molecular complexity index is 565. The van der Waals surface area contributed by atoms with E-state index in [-0.39, 0.29) is 13.0 Å². The first-order chi connectivity index (χ1) is 16.5. The minimum atomic E-state index is -2.06. The molecule has 1 saturated heterocycles. The normalized spacial score (nSPS) is 20.2. The zero-order valence-electron chi connectivity index (χ0n) is 22.0. The van der Waals surface area contributed by atoms with Crippen LogP contribution in [0.25, 0.3) is 0 Å². The van der Waals surface area contributed by atoms with E-state index < -0.39 is 23.7 Å². The van der Waals surface area contributed by atoms with Crippen molar-refractivity contribution in [3.8, 4) is 0 Å². The van der Waals surface area contributed by atoms with Crippen molar-refractivity contribution in [3.63, 3.8) is 0 Å². The molecular formula is C28H51NO5. The largest absolute Gasteiger partial charge is 0.462 e. The van der Waals surface area contributed by atoms with Crippen LogP contribution in [0.1, 0.15) is 129 Å². The Morgan fingerprint density at radius 1 is 0.853 bits per heavy atom. The molecule has 198 valence electrons. The number of ether oxygens (including phenoxy) is 2. The van der Waals surface area contributed by atoms with Gasteiger partial charge in [0.25, 0.3) is 5.72 Å². The molecule has 34 heavy (non-hydrogen) atoms. The zero-order chi connectivity index (χ0) is 24.9. The molecule has 0 radical (unpaired) electrons. The predicted octanol–water partition coefficient (Wildman–Crippen LogP) is 6.35. The molecular weight excluding hydrogens is 430 g/mol. The minimum Gasteiger partial charge on any atom is -0.462 e. The fourth-order valence-electron chi connectivity index (χ4n) is 4.26. The molecule has 0 aromatic heterocycles. The first-order valence-electron chi connectivity index (χ1n) is 14.0. The highest BCUT2D eigenvalue weighted by atomic mass is 16.6. The Kier molecular flexibility index (Phi) is 17.9. The summed E-state index contributed by atoms with van der Waals surface area (Å²) in [5.41, 5.74) is -2.06. The highest BCUT2D eigenvalue weighted by Gasteiger charge is 2.53. The van der Waals surface area contributed by atoms with Gasteiger partial charge in [-0.3, -0.25) is 4.79 Å². The van der Waals surface area contributed by atoms with Crippen molar-refractivity contribution >= 4 is 11.9 Å². The van der Waals surface area contributed by atoms with Gasteiger partial charge < -0.3 is 19.9 Å². The van der Waals surface area contributed by atoms with Gasteiger partial charge in [0, 0.05) is 6.61 Å². The fraction of sp³-hybridized carbons (Fsp3) is 0.857. The molecule has 0 saturated carbocycles. The molecule has 1 fully saturated rings. The van der Waals surface area contributed by atoms with Crippen LogP contribution in [0.5, 0.6) is 0 Å². The Hall–Kier alpha value is -1.40. The predicted molar refractivity (Wildman–Crippen MR) is 137 cm³/mol. The number of aliphatic hydroxyl groups is 1. The quantitative estimate of drug-likeness (QED) is 0.107. The Morgan fingerprint density at radius 3 is 1.94 bits per heavy atom. The van der Waals surface area contributed by atoms with Gasteiger partial charge in [0.1, 0.15) is 6.10 Å². The third-order valence-corrected chi connectivity index (χ3v) is 6.39. The van der Waals surface area contributed by atoms with E-state index in [1.54, 1.807) is 0 Å². The molecule has 0 aromatic carbocycles. The fourth-order valence-corrected chi connectivity index (χ4v) is 4.26. The van der Waals surface area contributed by atoms with Crippen LogP contribution in [0.3, 0.4) is 0 Å². The number of nitrogens with one attached hydrogen (secondary N) is 1. The first-order valence-corrected chi connectivity index (χ1v) is 14.0. The summed E-state index contributed by atoms with van der Waals surface area (Å²) in [6.07, 6.45) is 24.6. The molecule has 1 heterocycles. The van der Waals surface area contributed by atoms with Crippen LogP contribution in [-0.4, -0.2) is 42.0 Å². The Morgan fingerprint density at radius 2 is 1.38 bits per heavy atom. The second-order valence-corrected chi connectivity index (χ2v) is 9.66. The minimum absolute atomic E-state index is 0.0235. The molecule has 2 N–H and O–H groups in total. The summed E-state index contributed by atoms with van der Waals surface area (Å²) in [4.78, 5) is 23.8. The third kappa shape index (κ3) is 13.5. The molecule has 0 spiro atoms. The maximum atomic E-state index is 12.1. The average Bonchev–Trinajstić information content (AvgIpc) is 3.13. The standard InChI is InChI=1S/C28H51NO5/c1-3-5-6-7-8-9-10-11-12-13-14-15-16-17-18-19-20-21-23-33-25-24-26(30)29-28(25,32)27(31)34-22-4-2/h13-14,25,32H,3-12,15-24H2,1-2H3,(H,29,30)/t25?,28-/m1/s1. The SMILES string of the molecule is CCCCCCCCCCC=CCCCCCCCCOC1CC(=O)N[C@]1(O)C(=O)OCCC. The lowest BCUT2D eigenvalue weighted by Crippen LogP contribution is -2.57. The third-order valence-electron chi connectivity index (χ3n) is 6.39. The number of carbonyl (C=O) groups excluding carboxylic acids is 2. The van der Waals surface area contributed by atoms with Gasteiger partial charge in [-0.05, 0) is 38.5 Å². The number of amides is 1. The van der Waals surface area contributed by atoms with Gasteiger partial charge in [-0.1, -0.05) is 96.6 Å². The summed E-state index contributed by atoms with van der Waals surface area (Å²) in [5.74, 6) is -1.23. The molecule has 1 aliphatic rings. The summed E-state index contributed by atoms with van der Waals surface area (Å²) >= 11 is 0. The number of hydrogen-bond donors (Lipinski definition) is 2. The van der Waals surface area contributed by atoms with E-state index >= 15 is 0 Å². The summed E-state index contributed by atoms with van der Waals surface area (Å²) in [5, 5.41) is 12.8. The van der Waals surface area contributed by atoms with Crippen LogP contribution in [0.2, 0.25) is 0 Å². The van der Waals surface area contributed by atoms with Crippen molar-refractivity contribution < 1.29 is 24.2 Å². The molecule has 0 aliphatic carbocycles. The lowest BCUT2D eigenvalue weighted by atomic mass is 10.1. The first kappa shape index (κ1) is 30.6. The number of unbranched alkanes of at least 4 members (excludes halogenated alkanes) is 14. The van der Waals surface area contributed by atoms with Gasteiger partial charge >= 0.3 is 5.97 Å². The van der Waals surface area contributed by atoms with Gasteiger partial charge in [-0.2, -0.15) is 0 Å². The van der Waals surface area contributed by atoms with Crippen molar-refractivity contribution in [2.75, 3.05) is 13.2 Å². The van der Waals surface area contributed by atoms with Crippen LogP contribution in [0.15, 0.2) is 12.2 Å². The lowest BCUT2D eigenvalue weighted by Gasteiger charge is -2.26. The Labute approximate surface area is 208 Å². The molecule has 0 bridgehead atoms. The molecule has 1 rings (SSSR count). The van der Waals surface area contributed by atoms with E-state index in [1.807, 2.05) is 6.92 Å². The van der Waals surface area contributed by atoms with Crippen LogP contribution < -0.4 is 5.32 Å². The molecule has 1 aliphatic heterocycles. The maximum Gasteiger partial charge on any atom is 0.362 e. The van der Waals surface area contributed by atoms with Gasteiger partial charge in [-0.15, -0.1) is 0 Å². The molecule has 2 atom stereocenters. The van der Waals surface area contributed by atoms with Gasteiger partial charge in [0.15, 0.2) is 0 Å². The number of hydrogen-bond acceptors (Lipinski definition) is 5. The van der Waals surface area contributed by atoms with Crippen molar-refractivity contribution in [1.29, 1.82) is 0 Å². The second-order valence-electron chi connectivity index (χ2n) is 9.66. The van der Waals surface area contributed by atoms with E-state index in [2.05, 4.69) is 24.4 Å².